The molecule has 0 bridgehead atoms. The fourth-order valence-corrected chi connectivity index (χ4v) is 6.58. The molecule has 4 heterocycles. The summed E-state index contributed by atoms with van der Waals surface area (Å²) in [5, 5.41) is 1.88. The Labute approximate surface area is 347 Å². The average Bonchev–Trinajstić information content (AvgIpc) is 3.52. The number of rotatable bonds is 8. The fraction of sp³-hybridized carbons (Fsp3) is 0.0435. The molecule has 0 radical (unpaired) electrons. The van der Waals surface area contributed by atoms with Gasteiger partial charge in [0.15, 0.2) is 0 Å². The summed E-state index contributed by atoms with van der Waals surface area (Å²) in [5.41, 5.74) is 9.15. The summed E-state index contributed by atoms with van der Waals surface area (Å²) in [6.45, 7) is 4.20. The van der Waals surface area contributed by atoms with Crippen LogP contribution in [-0.2, 0) is 42.1 Å². The molecule has 9 aromatic rings. The topological polar surface area (TPSA) is 75.0 Å². The van der Waals surface area contributed by atoms with Gasteiger partial charge in [-0.05, 0) is 54.1 Å². The zero-order chi connectivity index (χ0) is 35.7. The van der Waals surface area contributed by atoms with E-state index in [4.69, 9.17) is 19.4 Å². The second-order valence-corrected chi connectivity index (χ2v) is 12.5. The van der Waals surface area contributed by atoms with Gasteiger partial charge >= 0.3 is 42.1 Å². The first kappa shape index (κ1) is 37.6. The van der Waals surface area contributed by atoms with E-state index in [2.05, 4.69) is 66.3 Å². The molecule has 0 N–H and O–H groups in total. The Morgan fingerprint density at radius 1 is 0.473 bits per heavy atom. The Balaban J connectivity index is 0.00000233. The van der Waals surface area contributed by atoms with E-state index in [1.54, 1.807) is 12.4 Å². The largest absolute Gasteiger partial charge is 2.00 e. The molecule has 0 aliphatic heterocycles. The first-order valence-electron chi connectivity index (χ1n) is 17.1. The van der Waals surface area contributed by atoms with Gasteiger partial charge in [-0.25, -0.2) is 9.97 Å². The van der Waals surface area contributed by atoms with Crippen LogP contribution in [0.4, 0.5) is 0 Å². The molecule has 0 amide bonds. The molecule has 0 aliphatic rings. The minimum atomic E-state index is 0. The van der Waals surface area contributed by atoms with Crippen LogP contribution in [0, 0.1) is 38.1 Å². The minimum Gasteiger partial charge on any atom is -0.503 e. The van der Waals surface area contributed by atoms with Crippen LogP contribution >= 0.6 is 0 Å². The van der Waals surface area contributed by atoms with E-state index in [1.165, 1.54) is 0 Å². The van der Waals surface area contributed by atoms with Crippen molar-refractivity contribution in [2.45, 2.75) is 13.8 Å². The van der Waals surface area contributed by atoms with Crippen molar-refractivity contribution >= 4 is 21.8 Å². The van der Waals surface area contributed by atoms with Crippen LogP contribution in [0.15, 0.2) is 140 Å². The van der Waals surface area contributed by atoms with Gasteiger partial charge in [0.2, 0.25) is 5.95 Å². The van der Waals surface area contributed by atoms with Gasteiger partial charge in [0.05, 0.1) is 0 Å². The molecule has 0 saturated heterocycles. The third-order valence-electron chi connectivity index (χ3n) is 9.00. The molecule has 0 saturated carbocycles. The summed E-state index contributed by atoms with van der Waals surface area (Å²) >= 11 is 0. The summed E-state index contributed by atoms with van der Waals surface area (Å²) in [6.07, 6.45) is 7.26. The summed E-state index contributed by atoms with van der Waals surface area (Å²) in [6, 6.07) is 50.9. The molecule has 0 unspecified atom stereocenters. The summed E-state index contributed by atoms with van der Waals surface area (Å²) < 4.78 is 14.6. The van der Waals surface area contributed by atoms with Gasteiger partial charge in [0, 0.05) is 53.3 Å². The smallest absolute Gasteiger partial charge is 0.503 e. The average molecular weight is 1070 g/mol. The van der Waals surface area contributed by atoms with Crippen molar-refractivity contribution in [3.8, 4) is 62.6 Å². The van der Waals surface area contributed by atoms with E-state index in [9.17, 15) is 0 Å². The molecule has 0 atom stereocenters. The fourth-order valence-electron chi connectivity index (χ4n) is 6.58. The Hall–Kier alpha value is -5.74. The van der Waals surface area contributed by atoms with E-state index >= 15 is 0 Å². The number of pyridine rings is 2. The maximum atomic E-state index is 6.35. The molecule has 9 heteroatoms. The predicted molar refractivity (Wildman–Crippen MR) is 206 cm³/mol. The van der Waals surface area contributed by atoms with Crippen LogP contribution in [0.2, 0.25) is 0 Å². The molecule has 270 valence electrons. The SMILES string of the molecule is Cc1cccc(C)c1-c1cnc(-n2c3[c-]c(Oc4[c-]c(-c5ccccn5)ccc4)ccc3c3ccc(Oc4[c-]c(-c5ccccn5)ccc4)[c-]c32)nc1.[Pt+2].[Pt+2]. The van der Waals surface area contributed by atoms with Gasteiger partial charge in [0.25, 0.3) is 0 Å². The Morgan fingerprint density at radius 3 is 1.42 bits per heavy atom. The third kappa shape index (κ3) is 7.64. The second kappa shape index (κ2) is 16.3. The van der Waals surface area contributed by atoms with Crippen molar-refractivity contribution in [2.75, 3.05) is 0 Å². The molecule has 9 rings (SSSR count). The van der Waals surface area contributed by atoms with Crippen LogP contribution < -0.4 is 9.47 Å². The maximum absolute atomic E-state index is 6.35. The molecule has 4 aromatic heterocycles. The molecule has 0 aliphatic carbocycles. The summed E-state index contributed by atoms with van der Waals surface area (Å²) in [7, 11) is 0. The molecule has 0 fully saturated rings. The van der Waals surface area contributed by atoms with Crippen LogP contribution in [0.3, 0.4) is 0 Å². The second-order valence-electron chi connectivity index (χ2n) is 12.5. The van der Waals surface area contributed by atoms with Crippen molar-refractivity contribution in [3.63, 3.8) is 0 Å². The van der Waals surface area contributed by atoms with Crippen molar-refractivity contribution in [1.82, 2.24) is 24.5 Å². The number of benzene rings is 5. The van der Waals surface area contributed by atoms with Gasteiger partial charge in [-0.1, -0.05) is 65.6 Å². The normalized spacial score (nSPS) is 10.8. The van der Waals surface area contributed by atoms with Crippen LogP contribution in [0.5, 0.6) is 23.0 Å². The van der Waals surface area contributed by atoms with E-state index in [0.29, 0.717) is 28.9 Å². The number of nitrogens with zero attached hydrogens (tertiary/aromatic N) is 5. The van der Waals surface area contributed by atoms with Crippen LogP contribution in [0.1, 0.15) is 11.1 Å². The molecule has 55 heavy (non-hydrogen) atoms. The molecular weight excluding hydrogens is 1040 g/mol. The van der Waals surface area contributed by atoms with E-state index < -0.39 is 0 Å². The van der Waals surface area contributed by atoms with Gasteiger partial charge in [-0.2, -0.15) is 22.9 Å². The van der Waals surface area contributed by atoms with Crippen LogP contribution in [0.25, 0.3) is 61.4 Å². The number of aromatic nitrogens is 5. The quantitative estimate of drug-likeness (QED) is 0.141. The van der Waals surface area contributed by atoms with Crippen molar-refractivity contribution in [3.05, 3.63) is 175 Å². The van der Waals surface area contributed by atoms with Crippen LogP contribution in [-0.4, -0.2) is 24.5 Å². The number of aryl methyl sites for hydroxylation is 2. The summed E-state index contributed by atoms with van der Waals surface area (Å²) in [5.74, 6) is 2.59. The Bertz CT molecular complexity index is 2590. The number of fused-ring (bicyclic) bond motifs is 3. The number of hydrogen-bond donors (Lipinski definition) is 0. The van der Waals surface area contributed by atoms with Crippen molar-refractivity contribution in [1.29, 1.82) is 0 Å². The van der Waals surface area contributed by atoms with Crippen molar-refractivity contribution < 1.29 is 51.6 Å². The Morgan fingerprint density at radius 2 is 0.945 bits per heavy atom. The van der Waals surface area contributed by atoms with Gasteiger partial charge < -0.3 is 24.0 Å². The van der Waals surface area contributed by atoms with E-state index in [-0.39, 0.29) is 42.1 Å². The molecule has 0 spiro atoms. The summed E-state index contributed by atoms with van der Waals surface area (Å²) in [4.78, 5) is 18.7. The van der Waals surface area contributed by atoms with E-state index in [0.717, 1.165) is 66.6 Å². The zero-order valence-electron chi connectivity index (χ0n) is 29.5. The zero-order valence-corrected chi connectivity index (χ0v) is 34.0. The van der Waals surface area contributed by atoms with Crippen molar-refractivity contribution in [2.24, 2.45) is 0 Å². The molecule has 5 aromatic carbocycles. The predicted octanol–water partition coefficient (Wildman–Crippen LogP) is 10.8. The first-order valence-corrected chi connectivity index (χ1v) is 17.1. The van der Waals surface area contributed by atoms with Gasteiger partial charge in [-0.15, -0.1) is 71.8 Å². The monoisotopic (exact) mass is 1070 g/mol. The van der Waals surface area contributed by atoms with Gasteiger partial charge in [0.1, 0.15) is 0 Å². The first-order chi connectivity index (χ1) is 26.1. The van der Waals surface area contributed by atoms with E-state index in [1.807, 2.05) is 114 Å². The standard InChI is InChI=1S/C46H29N5O2.2Pt/c1-30-10-7-11-31(2)45(30)34-28-49-46(50-29-34)51-43-26-37(52-35-14-8-12-32(24-35)41-16-3-5-22-47-41)18-20-39(43)40-21-19-38(27-44(40)51)53-36-15-9-13-33(25-36)42-17-4-6-23-48-42;;/h3-23,28-29H,1-2H3;;/q-4;2*+2. The third-order valence-corrected chi connectivity index (χ3v) is 9.00. The number of ether oxygens (including phenoxy) is 2. The number of hydrogen-bond acceptors (Lipinski definition) is 6. The van der Waals surface area contributed by atoms with Gasteiger partial charge in [-0.3, -0.25) is 0 Å². The molecular formula is C46H29N5O2Pt2. The minimum absolute atomic E-state index is 0. The Kier molecular flexibility index (Phi) is 11.1. The maximum Gasteiger partial charge on any atom is 2.00 e. The molecule has 7 nitrogen and oxygen atoms in total.